The molecule has 7 nitrogen and oxygen atoms in total. The first kappa shape index (κ1) is 17.7. The number of hydrogen-bond acceptors (Lipinski definition) is 4. The number of nitrogens with one attached hydrogen (secondary N) is 1. The summed E-state index contributed by atoms with van der Waals surface area (Å²) in [6.07, 6.45) is 0. The number of hydrogen-bond donors (Lipinski definition) is 1. The minimum absolute atomic E-state index is 0.218. The number of rotatable bonds is 5. The smallest absolute Gasteiger partial charge is 0.345 e. The maximum atomic E-state index is 13.1. The Morgan fingerprint density at radius 1 is 1.27 bits per heavy atom. The summed E-state index contributed by atoms with van der Waals surface area (Å²) >= 11 is 0. The number of nitrogens with zero attached hydrogens (tertiary/aromatic N) is 3. The van der Waals surface area contributed by atoms with Crippen molar-refractivity contribution in [2.45, 2.75) is 20.4 Å². The van der Waals surface area contributed by atoms with Gasteiger partial charge in [-0.3, -0.25) is 9.36 Å². The van der Waals surface area contributed by atoms with Gasteiger partial charge in [-0.25, -0.2) is 13.9 Å². The van der Waals surface area contributed by atoms with Gasteiger partial charge in [0.15, 0.2) is 5.82 Å². The van der Waals surface area contributed by atoms with Crippen LogP contribution in [0.15, 0.2) is 39.5 Å². The van der Waals surface area contributed by atoms with Crippen LogP contribution < -0.4 is 11.0 Å². The highest BCUT2D eigenvalue weighted by atomic mass is 19.1. The van der Waals surface area contributed by atoms with Crippen LogP contribution in [0.25, 0.3) is 11.4 Å². The lowest BCUT2D eigenvalue weighted by molar-refractivity contribution is 0.0950. The van der Waals surface area contributed by atoms with E-state index in [9.17, 15) is 14.0 Å². The number of amides is 1. The topological polar surface area (TPSA) is 82.1 Å². The van der Waals surface area contributed by atoms with Crippen molar-refractivity contribution in [3.8, 4) is 11.4 Å². The van der Waals surface area contributed by atoms with Crippen LogP contribution in [0.4, 0.5) is 4.39 Å². The zero-order chi connectivity index (χ0) is 18.8. The van der Waals surface area contributed by atoms with Crippen LogP contribution in [-0.2, 0) is 13.6 Å². The minimum Gasteiger partial charge on any atom is -0.466 e. The van der Waals surface area contributed by atoms with Crippen LogP contribution in [-0.4, -0.2) is 26.8 Å². The van der Waals surface area contributed by atoms with E-state index in [2.05, 4.69) is 10.4 Å². The van der Waals surface area contributed by atoms with Crippen LogP contribution >= 0.6 is 0 Å². The Hall–Kier alpha value is -3.16. The summed E-state index contributed by atoms with van der Waals surface area (Å²) in [6, 6.07) is 7.42. The molecular weight excluding hydrogens is 339 g/mol. The van der Waals surface area contributed by atoms with Gasteiger partial charge in [-0.15, -0.1) is 5.10 Å². The maximum Gasteiger partial charge on any atom is 0.345 e. The van der Waals surface area contributed by atoms with Crippen molar-refractivity contribution in [2.24, 2.45) is 7.05 Å². The average Bonchev–Trinajstić information content (AvgIpc) is 3.09. The molecule has 0 atom stereocenters. The Balaban J connectivity index is 1.70. The van der Waals surface area contributed by atoms with Crippen molar-refractivity contribution in [3.05, 3.63) is 63.7 Å². The SMILES string of the molecule is Cc1cc(C(=O)NCCn2nc(-c3ccc(F)cc3)n(C)c2=O)c(C)o1. The fraction of sp³-hybridized carbons (Fsp3) is 0.278. The first-order valence-corrected chi connectivity index (χ1v) is 8.12. The van der Waals surface area contributed by atoms with Gasteiger partial charge in [0.25, 0.3) is 5.91 Å². The molecule has 0 fully saturated rings. The number of aryl methyl sites for hydroxylation is 2. The van der Waals surface area contributed by atoms with Crippen molar-refractivity contribution in [1.29, 1.82) is 0 Å². The number of benzene rings is 1. The first-order chi connectivity index (χ1) is 12.4. The van der Waals surface area contributed by atoms with E-state index in [4.69, 9.17) is 4.42 Å². The summed E-state index contributed by atoms with van der Waals surface area (Å²) in [5, 5.41) is 7.02. The van der Waals surface area contributed by atoms with Crippen LogP contribution in [0.3, 0.4) is 0 Å². The molecule has 0 bridgehead atoms. The number of carbonyl (C=O) groups excluding carboxylic acids is 1. The lowest BCUT2D eigenvalue weighted by Crippen LogP contribution is -2.31. The van der Waals surface area contributed by atoms with Crippen LogP contribution in [0.1, 0.15) is 21.9 Å². The quantitative estimate of drug-likeness (QED) is 0.757. The molecule has 2 heterocycles. The summed E-state index contributed by atoms with van der Waals surface area (Å²) in [4.78, 5) is 24.5. The van der Waals surface area contributed by atoms with Gasteiger partial charge in [0.2, 0.25) is 0 Å². The Morgan fingerprint density at radius 2 is 1.96 bits per heavy atom. The van der Waals surface area contributed by atoms with Crippen molar-refractivity contribution >= 4 is 5.91 Å². The van der Waals surface area contributed by atoms with Gasteiger partial charge >= 0.3 is 5.69 Å². The van der Waals surface area contributed by atoms with Crippen LogP contribution in [0, 0.1) is 19.7 Å². The van der Waals surface area contributed by atoms with E-state index in [1.807, 2.05) is 0 Å². The second-order valence-corrected chi connectivity index (χ2v) is 5.98. The summed E-state index contributed by atoms with van der Waals surface area (Å²) in [5.41, 5.74) is 0.801. The standard InChI is InChI=1S/C18H19FN4O3/c1-11-10-15(12(2)26-11)17(24)20-8-9-23-18(25)22(3)16(21-23)13-4-6-14(19)7-5-13/h4-7,10H,8-9H2,1-3H3,(H,20,24). The fourth-order valence-corrected chi connectivity index (χ4v) is 2.71. The lowest BCUT2D eigenvalue weighted by Gasteiger charge is -2.03. The highest BCUT2D eigenvalue weighted by Crippen LogP contribution is 2.15. The molecule has 3 aromatic rings. The van der Waals surface area contributed by atoms with Gasteiger partial charge in [-0.05, 0) is 44.2 Å². The molecule has 0 aliphatic heterocycles. The molecule has 2 aromatic heterocycles. The Labute approximate surface area is 149 Å². The third kappa shape index (κ3) is 3.44. The molecule has 0 unspecified atom stereocenters. The zero-order valence-electron chi connectivity index (χ0n) is 14.7. The Kier molecular flexibility index (Phi) is 4.75. The largest absolute Gasteiger partial charge is 0.466 e. The van der Waals surface area contributed by atoms with Gasteiger partial charge in [0.05, 0.1) is 12.1 Å². The molecule has 1 amide bonds. The Bertz CT molecular complexity index is 999. The van der Waals surface area contributed by atoms with Crippen LogP contribution in [0.5, 0.6) is 0 Å². The lowest BCUT2D eigenvalue weighted by atomic mass is 10.2. The molecule has 0 spiro atoms. The van der Waals surface area contributed by atoms with E-state index in [1.165, 1.54) is 21.4 Å². The zero-order valence-corrected chi connectivity index (χ0v) is 14.7. The van der Waals surface area contributed by atoms with Gasteiger partial charge in [0, 0.05) is 19.2 Å². The first-order valence-electron chi connectivity index (χ1n) is 8.12. The van der Waals surface area contributed by atoms with E-state index in [0.29, 0.717) is 28.5 Å². The molecule has 8 heteroatoms. The molecule has 0 aliphatic carbocycles. The van der Waals surface area contributed by atoms with E-state index in [-0.39, 0.29) is 30.5 Å². The highest BCUT2D eigenvalue weighted by Gasteiger charge is 2.15. The predicted molar refractivity (Wildman–Crippen MR) is 93.4 cm³/mol. The number of furan rings is 1. The number of carbonyl (C=O) groups is 1. The van der Waals surface area contributed by atoms with E-state index in [0.717, 1.165) is 0 Å². The van der Waals surface area contributed by atoms with Crippen molar-refractivity contribution in [3.63, 3.8) is 0 Å². The third-order valence-electron chi connectivity index (χ3n) is 4.04. The van der Waals surface area contributed by atoms with E-state index < -0.39 is 0 Å². The molecule has 1 aromatic carbocycles. The van der Waals surface area contributed by atoms with Crippen LogP contribution in [0.2, 0.25) is 0 Å². The molecule has 26 heavy (non-hydrogen) atoms. The fourth-order valence-electron chi connectivity index (χ4n) is 2.71. The molecule has 0 aliphatic rings. The van der Waals surface area contributed by atoms with Crippen molar-refractivity contribution in [2.75, 3.05) is 6.54 Å². The second kappa shape index (κ2) is 6.99. The minimum atomic E-state index is -0.356. The molecule has 0 saturated carbocycles. The molecule has 1 N–H and O–H groups in total. The molecule has 0 saturated heterocycles. The number of halogens is 1. The summed E-state index contributed by atoms with van der Waals surface area (Å²) < 4.78 is 21.1. The highest BCUT2D eigenvalue weighted by molar-refractivity contribution is 5.95. The van der Waals surface area contributed by atoms with Gasteiger partial charge in [-0.2, -0.15) is 0 Å². The monoisotopic (exact) mass is 358 g/mol. The summed E-state index contributed by atoms with van der Waals surface area (Å²) in [5.74, 6) is 1.03. The van der Waals surface area contributed by atoms with Crippen molar-refractivity contribution in [1.82, 2.24) is 19.7 Å². The normalized spacial score (nSPS) is 10.9. The predicted octanol–water partition coefficient (Wildman–Crippen LogP) is 2.03. The van der Waals surface area contributed by atoms with Gasteiger partial charge in [0.1, 0.15) is 17.3 Å². The summed E-state index contributed by atoms with van der Waals surface area (Å²) in [6.45, 7) is 3.95. The summed E-state index contributed by atoms with van der Waals surface area (Å²) in [7, 11) is 1.60. The van der Waals surface area contributed by atoms with Gasteiger partial charge < -0.3 is 9.73 Å². The van der Waals surface area contributed by atoms with Crippen molar-refractivity contribution < 1.29 is 13.6 Å². The molecule has 0 radical (unpaired) electrons. The second-order valence-electron chi connectivity index (χ2n) is 5.98. The molecular formula is C18H19FN4O3. The number of aromatic nitrogens is 3. The van der Waals surface area contributed by atoms with E-state index in [1.54, 1.807) is 39.1 Å². The maximum absolute atomic E-state index is 13.1. The van der Waals surface area contributed by atoms with Gasteiger partial charge in [-0.1, -0.05) is 0 Å². The Morgan fingerprint density at radius 3 is 2.58 bits per heavy atom. The third-order valence-corrected chi connectivity index (χ3v) is 4.04. The average molecular weight is 358 g/mol. The molecule has 136 valence electrons. The molecule has 3 rings (SSSR count). The van der Waals surface area contributed by atoms with E-state index >= 15 is 0 Å².